The molecule has 0 bridgehead atoms. The first-order valence-electron chi connectivity index (χ1n) is 12.4. The first kappa shape index (κ1) is 26.9. The predicted octanol–water partition coefficient (Wildman–Crippen LogP) is 2.36. The van der Waals surface area contributed by atoms with E-state index < -0.39 is 6.10 Å². The average molecular weight is 523 g/mol. The summed E-state index contributed by atoms with van der Waals surface area (Å²) in [7, 11) is 5.25. The number of ether oxygens (including phenoxy) is 3. The molecular weight excluding hydrogens is 488 g/mol. The summed E-state index contributed by atoms with van der Waals surface area (Å²) in [4.78, 5) is 33.2. The standard InChI is InChI=1S/C27H34N6O5/c1-19-5-7-23(8-6-19)37-12-11-31(2)26(34)17-33-16-20(15-29-33)30-27(35)24-13-22(18-38-24)32(3)21-9-10-28-25(14-21)36-4/h5-10,14-16,22,24H,11-13,17-18H2,1-4H3,(H,30,35)/t22-,24+/m0/s1. The van der Waals surface area contributed by atoms with Crippen molar-refractivity contribution < 1.29 is 23.8 Å². The molecule has 202 valence electrons. The molecule has 1 aromatic carbocycles. The van der Waals surface area contributed by atoms with E-state index in [1.807, 2.05) is 50.4 Å². The van der Waals surface area contributed by atoms with E-state index in [-0.39, 0.29) is 24.4 Å². The van der Waals surface area contributed by atoms with Crippen molar-refractivity contribution in [2.24, 2.45) is 0 Å². The Bertz CT molecular complexity index is 1230. The van der Waals surface area contributed by atoms with Gasteiger partial charge in [-0.3, -0.25) is 14.3 Å². The van der Waals surface area contributed by atoms with Crippen molar-refractivity contribution in [2.45, 2.75) is 32.0 Å². The van der Waals surface area contributed by atoms with Crippen molar-refractivity contribution in [3.8, 4) is 11.6 Å². The highest BCUT2D eigenvalue weighted by Gasteiger charge is 2.33. The van der Waals surface area contributed by atoms with Crippen molar-refractivity contribution in [3.05, 3.63) is 60.6 Å². The number of nitrogens with zero attached hydrogens (tertiary/aromatic N) is 5. The molecule has 0 unspecified atom stereocenters. The van der Waals surface area contributed by atoms with Gasteiger partial charge in [0.25, 0.3) is 5.91 Å². The Balaban J connectivity index is 1.21. The topological polar surface area (TPSA) is 111 Å². The van der Waals surface area contributed by atoms with Gasteiger partial charge in [-0.2, -0.15) is 5.10 Å². The number of methoxy groups -OCH3 is 1. The number of likely N-dealkylation sites (N-methyl/N-ethyl adjacent to an activating group) is 2. The lowest BCUT2D eigenvalue weighted by atomic mass is 10.1. The Kier molecular flexibility index (Phi) is 8.80. The van der Waals surface area contributed by atoms with Gasteiger partial charge in [-0.15, -0.1) is 0 Å². The number of hydrogen-bond donors (Lipinski definition) is 1. The first-order chi connectivity index (χ1) is 18.3. The fourth-order valence-electron chi connectivity index (χ4n) is 4.06. The Labute approximate surface area is 222 Å². The zero-order valence-electron chi connectivity index (χ0n) is 22.2. The van der Waals surface area contributed by atoms with E-state index in [1.54, 1.807) is 31.5 Å². The summed E-state index contributed by atoms with van der Waals surface area (Å²) in [5.41, 5.74) is 2.60. The summed E-state index contributed by atoms with van der Waals surface area (Å²) >= 11 is 0. The van der Waals surface area contributed by atoms with Gasteiger partial charge in [0.1, 0.15) is 25.0 Å². The van der Waals surface area contributed by atoms with Gasteiger partial charge >= 0.3 is 0 Å². The lowest BCUT2D eigenvalue weighted by molar-refractivity contribution is -0.131. The van der Waals surface area contributed by atoms with E-state index in [4.69, 9.17) is 14.2 Å². The van der Waals surface area contributed by atoms with Crippen LogP contribution in [0.5, 0.6) is 11.6 Å². The zero-order valence-corrected chi connectivity index (χ0v) is 22.2. The smallest absolute Gasteiger partial charge is 0.253 e. The summed E-state index contributed by atoms with van der Waals surface area (Å²) in [5, 5.41) is 7.05. The van der Waals surface area contributed by atoms with E-state index >= 15 is 0 Å². The number of pyridine rings is 1. The number of nitrogens with one attached hydrogen (secondary N) is 1. The number of aromatic nitrogens is 3. The largest absolute Gasteiger partial charge is 0.492 e. The van der Waals surface area contributed by atoms with Crippen LogP contribution in [0.1, 0.15) is 12.0 Å². The van der Waals surface area contributed by atoms with E-state index in [0.29, 0.717) is 37.7 Å². The van der Waals surface area contributed by atoms with Crippen LogP contribution >= 0.6 is 0 Å². The van der Waals surface area contributed by atoms with Crippen molar-refractivity contribution in [3.63, 3.8) is 0 Å². The van der Waals surface area contributed by atoms with Crippen molar-refractivity contribution in [1.29, 1.82) is 0 Å². The molecule has 1 N–H and O–H groups in total. The molecule has 0 spiro atoms. The third-order valence-corrected chi connectivity index (χ3v) is 6.49. The third-order valence-electron chi connectivity index (χ3n) is 6.49. The first-order valence-corrected chi connectivity index (χ1v) is 12.4. The average Bonchev–Trinajstić information content (AvgIpc) is 3.59. The van der Waals surface area contributed by atoms with Gasteiger partial charge in [-0.05, 0) is 25.1 Å². The fraction of sp³-hybridized carbons (Fsp3) is 0.407. The SMILES string of the molecule is COc1cc(N(C)[C@@H]2CO[C@@H](C(=O)Nc3cnn(CC(=O)N(C)CCOc4ccc(C)cc4)c3)C2)ccn1. The molecule has 0 radical (unpaired) electrons. The van der Waals surface area contributed by atoms with Crippen LogP contribution in [0.4, 0.5) is 11.4 Å². The van der Waals surface area contributed by atoms with Crippen LogP contribution in [0.2, 0.25) is 0 Å². The number of benzene rings is 1. The number of rotatable bonds is 11. The summed E-state index contributed by atoms with van der Waals surface area (Å²) in [5.74, 6) is 0.936. The number of hydrogen-bond acceptors (Lipinski definition) is 8. The minimum atomic E-state index is -0.587. The van der Waals surface area contributed by atoms with Crippen LogP contribution in [-0.4, -0.2) is 84.6 Å². The molecule has 0 saturated carbocycles. The highest BCUT2D eigenvalue weighted by molar-refractivity contribution is 5.94. The molecule has 1 aliphatic rings. The van der Waals surface area contributed by atoms with Crippen LogP contribution in [0, 0.1) is 6.92 Å². The Hall–Kier alpha value is -4.12. The van der Waals surface area contributed by atoms with Crippen LogP contribution in [0.3, 0.4) is 0 Å². The van der Waals surface area contributed by atoms with Crippen LogP contribution < -0.4 is 19.7 Å². The van der Waals surface area contributed by atoms with Crippen LogP contribution in [0.25, 0.3) is 0 Å². The Morgan fingerprint density at radius 1 is 1.21 bits per heavy atom. The molecule has 2 amide bonds. The second-order valence-corrected chi connectivity index (χ2v) is 9.27. The molecule has 2 aromatic heterocycles. The van der Waals surface area contributed by atoms with Gasteiger partial charge < -0.3 is 29.3 Å². The number of carbonyl (C=O) groups excluding carboxylic acids is 2. The van der Waals surface area contributed by atoms with Crippen molar-refractivity contribution >= 4 is 23.2 Å². The molecule has 1 aliphatic heterocycles. The van der Waals surface area contributed by atoms with E-state index in [2.05, 4.69) is 20.3 Å². The number of carbonyl (C=O) groups is 2. The molecule has 1 saturated heterocycles. The van der Waals surface area contributed by atoms with Crippen LogP contribution in [0.15, 0.2) is 55.0 Å². The predicted molar refractivity (Wildman–Crippen MR) is 143 cm³/mol. The number of amides is 2. The fourth-order valence-corrected chi connectivity index (χ4v) is 4.06. The second kappa shape index (κ2) is 12.4. The monoisotopic (exact) mass is 522 g/mol. The quantitative estimate of drug-likeness (QED) is 0.409. The molecule has 4 rings (SSSR count). The van der Waals surface area contributed by atoms with Crippen molar-refractivity contribution in [1.82, 2.24) is 19.7 Å². The molecule has 3 heterocycles. The summed E-state index contributed by atoms with van der Waals surface area (Å²) < 4.78 is 18.2. The summed E-state index contributed by atoms with van der Waals surface area (Å²) in [6, 6.07) is 11.5. The zero-order chi connectivity index (χ0) is 27.1. The summed E-state index contributed by atoms with van der Waals surface area (Å²) in [6.07, 6.45) is 4.79. The van der Waals surface area contributed by atoms with Crippen LogP contribution in [-0.2, 0) is 20.9 Å². The maximum atomic E-state index is 12.8. The van der Waals surface area contributed by atoms with E-state index in [1.165, 1.54) is 10.9 Å². The van der Waals surface area contributed by atoms with E-state index in [0.717, 1.165) is 17.0 Å². The lowest BCUT2D eigenvalue weighted by Gasteiger charge is -2.25. The molecule has 11 nitrogen and oxygen atoms in total. The van der Waals surface area contributed by atoms with Gasteiger partial charge in [0.05, 0.1) is 38.2 Å². The Morgan fingerprint density at radius 2 is 2.00 bits per heavy atom. The lowest BCUT2D eigenvalue weighted by Crippen LogP contribution is -2.33. The second-order valence-electron chi connectivity index (χ2n) is 9.27. The third kappa shape index (κ3) is 7.00. The van der Waals surface area contributed by atoms with Gasteiger partial charge in [0, 0.05) is 44.7 Å². The normalized spacial score (nSPS) is 16.6. The van der Waals surface area contributed by atoms with Gasteiger partial charge in [-0.25, -0.2) is 4.98 Å². The molecule has 3 aromatic rings. The molecular formula is C27H34N6O5. The van der Waals surface area contributed by atoms with Gasteiger partial charge in [-0.1, -0.05) is 17.7 Å². The minimum absolute atomic E-state index is 0.0312. The number of aryl methyl sites for hydroxylation is 1. The van der Waals surface area contributed by atoms with Gasteiger partial charge in [0.2, 0.25) is 11.8 Å². The highest BCUT2D eigenvalue weighted by Crippen LogP contribution is 2.26. The molecule has 0 aliphatic carbocycles. The molecule has 38 heavy (non-hydrogen) atoms. The van der Waals surface area contributed by atoms with E-state index in [9.17, 15) is 9.59 Å². The Morgan fingerprint density at radius 3 is 2.76 bits per heavy atom. The molecule has 2 atom stereocenters. The molecule has 1 fully saturated rings. The highest BCUT2D eigenvalue weighted by atomic mass is 16.5. The summed E-state index contributed by atoms with van der Waals surface area (Å²) in [6.45, 7) is 3.32. The maximum Gasteiger partial charge on any atom is 0.253 e. The molecule has 11 heteroatoms. The van der Waals surface area contributed by atoms with Crippen molar-refractivity contribution in [2.75, 3.05) is 51.2 Å². The minimum Gasteiger partial charge on any atom is -0.492 e. The number of anilines is 2. The van der Waals surface area contributed by atoms with Gasteiger partial charge in [0.15, 0.2) is 0 Å². The maximum absolute atomic E-state index is 12.8.